The van der Waals surface area contributed by atoms with Crippen molar-refractivity contribution in [2.45, 2.75) is 39.0 Å². The fraction of sp³-hybridized carbons (Fsp3) is 0.429. The number of rotatable bonds is 5. The largest absolute Gasteiger partial charge is 0.326 e. The zero-order chi connectivity index (χ0) is 13.8. The molecule has 0 radical (unpaired) electrons. The maximum atomic E-state index is 12.2. The zero-order valence-corrected chi connectivity index (χ0v) is 12.5. The Labute approximate surface area is 110 Å². The molecule has 0 spiro atoms. The molecule has 3 nitrogen and oxygen atoms in total. The fourth-order valence-electron chi connectivity index (χ4n) is 1.65. The number of amides is 1. The third kappa shape index (κ3) is 4.83. The minimum atomic E-state index is -1.21. The molecule has 0 bridgehead atoms. The van der Waals surface area contributed by atoms with Crippen LogP contribution in [0.4, 0.5) is 5.69 Å². The summed E-state index contributed by atoms with van der Waals surface area (Å²) in [5.41, 5.74) is 1.23. The fourth-order valence-corrected chi connectivity index (χ4v) is 2.63. The second-order valence-corrected chi connectivity index (χ2v) is 11.3. The van der Waals surface area contributed by atoms with Crippen molar-refractivity contribution in [1.82, 2.24) is 0 Å². The molecular weight excluding hydrogens is 242 g/mol. The molecule has 0 heterocycles. The summed E-state index contributed by atoms with van der Waals surface area (Å²) in [7, 11) is -1.21. The number of hydrogen-bond acceptors (Lipinski definition) is 2. The Morgan fingerprint density at radius 1 is 1.17 bits per heavy atom. The maximum absolute atomic E-state index is 12.2. The first-order chi connectivity index (χ1) is 8.29. The van der Waals surface area contributed by atoms with Crippen molar-refractivity contribution < 1.29 is 9.59 Å². The summed E-state index contributed by atoms with van der Waals surface area (Å²) in [4.78, 5) is 23.3. The first-order valence-electron chi connectivity index (χ1n) is 6.19. The first-order valence-corrected chi connectivity index (χ1v) is 9.90. The Bertz CT molecular complexity index is 449. The lowest BCUT2D eigenvalue weighted by molar-refractivity contribution is -0.114. The van der Waals surface area contributed by atoms with Gasteiger partial charge in [0.05, 0.1) is 5.69 Å². The molecule has 0 saturated heterocycles. The van der Waals surface area contributed by atoms with Gasteiger partial charge in [0, 0.05) is 27.0 Å². The Hall–Kier alpha value is -1.42. The van der Waals surface area contributed by atoms with Crippen LogP contribution in [0.25, 0.3) is 0 Å². The van der Waals surface area contributed by atoms with Crippen LogP contribution in [0.2, 0.25) is 25.7 Å². The van der Waals surface area contributed by atoms with Crippen molar-refractivity contribution in [3.8, 4) is 0 Å². The summed E-state index contributed by atoms with van der Waals surface area (Å²) < 4.78 is 0. The Balaban J connectivity index is 2.82. The van der Waals surface area contributed by atoms with Crippen molar-refractivity contribution >= 4 is 25.5 Å². The predicted molar refractivity (Wildman–Crippen MR) is 77.8 cm³/mol. The van der Waals surface area contributed by atoms with Gasteiger partial charge in [-0.2, -0.15) is 0 Å². The minimum Gasteiger partial charge on any atom is -0.326 e. The van der Waals surface area contributed by atoms with E-state index in [9.17, 15) is 9.59 Å². The van der Waals surface area contributed by atoms with Gasteiger partial charge < -0.3 is 5.32 Å². The molecule has 1 N–H and O–H groups in total. The SMILES string of the molecule is CC(=O)Nc1ccccc1C(=O)CC[Si](C)(C)C. The van der Waals surface area contributed by atoms with E-state index in [0.717, 1.165) is 6.04 Å². The summed E-state index contributed by atoms with van der Waals surface area (Å²) in [5, 5.41) is 2.70. The van der Waals surface area contributed by atoms with E-state index >= 15 is 0 Å². The lowest BCUT2D eigenvalue weighted by atomic mass is 10.1. The van der Waals surface area contributed by atoms with E-state index in [2.05, 4.69) is 25.0 Å². The Morgan fingerprint density at radius 2 is 1.78 bits per heavy atom. The summed E-state index contributed by atoms with van der Waals surface area (Å²) in [6, 6.07) is 8.16. The molecule has 18 heavy (non-hydrogen) atoms. The number of para-hydroxylation sites is 1. The van der Waals surface area contributed by atoms with E-state index in [1.807, 2.05) is 12.1 Å². The first kappa shape index (κ1) is 14.6. The second-order valence-electron chi connectivity index (χ2n) is 5.71. The van der Waals surface area contributed by atoms with E-state index in [1.54, 1.807) is 12.1 Å². The van der Waals surface area contributed by atoms with Crippen LogP contribution >= 0.6 is 0 Å². The number of carbonyl (C=O) groups is 2. The highest BCUT2D eigenvalue weighted by molar-refractivity contribution is 6.76. The Morgan fingerprint density at radius 3 is 2.33 bits per heavy atom. The number of Topliss-reactive ketones (excluding diaryl/α,β-unsaturated/α-hetero) is 1. The monoisotopic (exact) mass is 263 g/mol. The van der Waals surface area contributed by atoms with E-state index in [0.29, 0.717) is 17.7 Å². The van der Waals surface area contributed by atoms with Gasteiger partial charge in [0.1, 0.15) is 0 Å². The number of ketones is 1. The lowest BCUT2D eigenvalue weighted by Crippen LogP contribution is -2.21. The second kappa shape index (κ2) is 5.95. The minimum absolute atomic E-state index is 0.113. The average molecular weight is 263 g/mol. The van der Waals surface area contributed by atoms with Crippen molar-refractivity contribution in [1.29, 1.82) is 0 Å². The van der Waals surface area contributed by atoms with Crippen LogP contribution in [0.15, 0.2) is 24.3 Å². The van der Waals surface area contributed by atoms with E-state index < -0.39 is 8.07 Å². The highest BCUT2D eigenvalue weighted by Gasteiger charge is 2.17. The van der Waals surface area contributed by atoms with Gasteiger partial charge in [-0.05, 0) is 12.1 Å². The van der Waals surface area contributed by atoms with Crippen LogP contribution in [-0.2, 0) is 4.79 Å². The van der Waals surface area contributed by atoms with Crippen molar-refractivity contribution in [3.63, 3.8) is 0 Å². The van der Waals surface area contributed by atoms with Crippen LogP contribution in [0.3, 0.4) is 0 Å². The van der Waals surface area contributed by atoms with Gasteiger partial charge in [-0.1, -0.05) is 37.8 Å². The van der Waals surface area contributed by atoms with Gasteiger partial charge >= 0.3 is 0 Å². The molecule has 0 atom stereocenters. The topological polar surface area (TPSA) is 46.2 Å². The molecule has 0 aliphatic carbocycles. The molecule has 98 valence electrons. The molecule has 0 unspecified atom stereocenters. The van der Waals surface area contributed by atoms with E-state index in [1.165, 1.54) is 6.92 Å². The number of nitrogens with one attached hydrogen (secondary N) is 1. The maximum Gasteiger partial charge on any atom is 0.221 e. The highest BCUT2D eigenvalue weighted by atomic mass is 28.3. The van der Waals surface area contributed by atoms with Crippen LogP contribution in [0.5, 0.6) is 0 Å². The Kier molecular flexibility index (Phi) is 4.84. The third-order valence-corrected chi connectivity index (χ3v) is 4.39. The van der Waals surface area contributed by atoms with Crippen molar-refractivity contribution in [3.05, 3.63) is 29.8 Å². The lowest BCUT2D eigenvalue weighted by Gasteiger charge is -2.15. The number of carbonyl (C=O) groups excluding carboxylic acids is 2. The van der Waals surface area contributed by atoms with E-state index in [4.69, 9.17) is 0 Å². The highest BCUT2D eigenvalue weighted by Crippen LogP contribution is 2.20. The third-order valence-electron chi connectivity index (χ3n) is 2.64. The van der Waals surface area contributed by atoms with E-state index in [-0.39, 0.29) is 11.7 Å². The van der Waals surface area contributed by atoms with Crippen LogP contribution in [0, 0.1) is 0 Å². The van der Waals surface area contributed by atoms with Gasteiger partial charge in [-0.3, -0.25) is 9.59 Å². The molecule has 1 aromatic carbocycles. The normalized spacial score (nSPS) is 11.1. The van der Waals surface area contributed by atoms with Crippen molar-refractivity contribution in [2.75, 3.05) is 5.32 Å². The van der Waals surface area contributed by atoms with Gasteiger partial charge in [-0.25, -0.2) is 0 Å². The number of hydrogen-bond donors (Lipinski definition) is 1. The molecule has 1 rings (SSSR count). The summed E-state index contributed by atoms with van der Waals surface area (Å²) in [6.07, 6.45) is 0.562. The molecule has 1 aromatic rings. The van der Waals surface area contributed by atoms with Gasteiger partial charge in [0.25, 0.3) is 0 Å². The smallest absolute Gasteiger partial charge is 0.221 e. The average Bonchev–Trinajstić information content (AvgIpc) is 2.25. The molecule has 0 saturated carbocycles. The standard InChI is InChI=1S/C14H21NO2Si/c1-11(16)15-13-8-6-5-7-12(13)14(17)9-10-18(2,3)4/h5-8H,9-10H2,1-4H3,(H,15,16). The molecule has 4 heteroatoms. The number of anilines is 1. The van der Waals surface area contributed by atoms with Gasteiger partial charge in [0.2, 0.25) is 5.91 Å². The molecular formula is C14H21NO2Si. The zero-order valence-electron chi connectivity index (χ0n) is 11.5. The van der Waals surface area contributed by atoms with Crippen molar-refractivity contribution in [2.24, 2.45) is 0 Å². The van der Waals surface area contributed by atoms with Crippen LogP contribution in [-0.4, -0.2) is 19.8 Å². The summed E-state index contributed by atoms with van der Waals surface area (Å²) >= 11 is 0. The van der Waals surface area contributed by atoms with Gasteiger partial charge in [0.15, 0.2) is 5.78 Å². The molecule has 0 aromatic heterocycles. The summed E-state index contributed by atoms with van der Waals surface area (Å²) in [5.74, 6) is -0.0396. The molecule has 1 amide bonds. The van der Waals surface area contributed by atoms with Crippen LogP contribution < -0.4 is 5.32 Å². The van der Waals surface area contributed by atoms with Gasteiger partial charge in [-0.15, -0.1) is 0 Å². The van der Waals surface area contributed by atoms with Crippen LogP contribution in [0.1, 0.15) is 23.7 Å². The number of benzene rings is 1. The molecule has 0 aliphatic rings. The molecule has 0 fully saturated rings. The quantitative estimate of drug-likeness (QED) is 0.652. The predicted octanol–water partition coefficient (Wildman–Crippen LogP) is 3.56. The summed E-state index contributed by atoms with van der Waals surface area (Å²) in [6.45, 7) is 8.20. The molecule has 0 aliphatic heterocycles.